The van der Waals surface area contributed by atoms with Crippen molar-refractivity contribution in [1.82, 2.24) is 4.98 Å². The number of carbonyl (C=O) groups excluding carboxylic acids is 1. The molecule has 0 amide bonds. The molecule has 0 aromatic carbocycles. The maximum atomic E-state index is 11.8. The Hall–Kier alpha value is -1.62. The van der Waals surface area contributed by atoms with E-state index in [1.165, 1.54) is 0 Å². The highest BCUT2D eigenvalue weighted by molar-refractivity contribution is 5.75. The van der Waals surface area contributed by atoms with Crippen LogP contribution >= 0.6 is 0 Å². The molecule has 1 atom stereocenters. The number of nitrogens with zero attached hydrogens (tertiary/aromatic N) is 1. The molecule has 0 saturated heterocycles. The van der Waals surface area contributed by atoms with Crippen LogP contribution in [0.2, 0.25) is 0 Å². The van der Waals surface area contributed by atoms with Crippen LogP contribution in [-0.4, -0.2) is 28.8 Å². The first-order valence-electron chi connectivity index (χ1n) is 6.53. The molecule has 5 nitrogen and oxygen atoms in total. The number of aryl methyl sites for hydroxylation is 1. The first-order valence-corrected chi connectivity index (χ1v) is 6.53. The molecule has 0 aliphatic heterocycles. The Morgan fingerprint density at radius 3 is 2.74 bits per heavy atom. The lowest BCUT2D eigenvalue weighted by molar-refractivity contribution is -0.151. The average molecular weight is 267 g/mol. The summed E-state index contributed by atoms with van der Waals surface area (Å²) in [7, 11) is 0. The number of aliphatic hydroxyl groups is 1. The largest absolute Gasteiger partial charge is 0.477 e. The summed E-state index contributed by atoms with van der Waals surface area (Å²) in [4.78, 5) is 16.0. The Morgan fingerprint density at radius 1 is 1.42 bits per heavy atom. The van der Waals surface area contributed by atoms with Gasteiger partial charge in [-0.1, -0.05) is 13.3 Å². The maximum absolute atomic E-state index is 11.8. The molecule has 1 unspecified atom stereocenters. The van der Waals surface area contributed by atoms with Gasteiger partial charge in [-0.15, -0.1) is 0 Å². The molecule has 1 rings (SSSR count). The highest BCUT2D eigenvalue weighted by Crippen LogP contribution is 2.20. The van der Waals surface area contributed by atoms with Gasteiger partial charge in [0.2, 0.25) is 0 Å². The molecular formula is C14H21NO4. The van der Waals surface area contributed by atoms with Crippen LogP contribution in [0.4, 0.5) is 0 Å². The second-order valence-electron chi connectivity index (χ2n) is 4.20. The Labute approximate surface area is 113 Å². The predicted octanol–water partition coefficient (Wildman–Crippen LogP) is 1.99. The molecule has 1 heterocycles. The second-order valence-corrected chi connectivity index (χ2v) is 4.20. The van der Waals surface area contributed by atoms with Crippen LogP contribution in [-0.2, 0) is 16.1 Å². The van der Waals surface area contributed by atoms with Crippen molar-refractivity contribution >= 4 is 5.97 Å². The number of esters is 1. The van der Waals surface area contributed by atoms with Crippen molar-refractivity contribution in [3.05, 3.63) is 23.5 Å². The monoisotopic (exact) mass is 267 g/mol. The van der Waals surface area contributed by atoms with E-state index in [4.69, 9.17) is 9.47 Å². The van der Waals surface area contributed by atoms with E-state index in [2.05, 4.69) is 4.98 Å². The van der Waals surface area contributed by atoms with Gasteiger partial charge >= 0.3 is 5.97 Å². The van der Waals surface area contributed by atoms with Gasteiger partial charge in [-0.3, -0.25) is 4.98 Å². The van der Waals surface area contributed by atoms with Crippen molar-refractivity contribution in [3.8, 4) is 5.75 Å². The van der Waals surface area contributed by atoms with E-state index in [1.807, 2.05) is 13.8 Å². The van der Waals surface area contributed by atoms with Crippen molar-refractivity contribution in [2.75, 3.05) is 6.61 Å². The van der Waals surface area contributed by atoms with E-state index in [0.717, 1.165) is 12.1 Å². The molecule has 0 saturated carbocycles. The number of pyridine rings is 1. The third-order valence-corrected chi connectivity index (χ3v) is 2.59. The smallest absolute Gasteiger partial charge is 0.347 e. The van der Waals surface area contributed by atoms with Gasteiger partial charge in [-0.05, 0) is 32.4 Å². The van der Waals surface area contributed by atoms with Crippen LogP contribution in [0.3, 0.4) is 0 Å². The van der Waals surface area contributed by atoms with Gasteiger partial charge in [-0.2, -0.15) is 0 Å². The molecule has 5 heteroatoms. The number of carbonyl (C=O) groups is 1. The Balaban J connectivity index is 2.86. The number of aromatic nitrogens is 1. The maximum Gasteiger partial charge on any atom is 0.347 e. The van der Waals surface area contributed by atoms with Crippen LogP contribution in [0, 0.1) is 6.92 Å². The van der Waals surface area contributed by atoms with Crippen molar-refractivity contribution in [2.45, 2.75) is 46.3 Å². The van der Waals surface area contributed by atoms with Crippen molar-refractivity contribution < 1.29 is 19.4 Å². The van der Waals surface area contributed by atoms with Crippen molar-refractivity contribution in [1.29, 1.82) is 0 Å². The van der Waals surface area contributed by atoms with Gasteiger partial charge in [0.05, 0.1) is 13.2 Å². The van der Waals surface area contributed by atoms with Crippen LogP contribution in [0.1, 0.15) is 38.1 Å². The van der Waals surface area contributed by atoms with E-state index in [0.29, 0.717) is 24.5 Å². The Morgan fingerprint density at radius 2 is 2.16 bits per heavy atom. The number of aliphatic hydroxyl groups excluding tert-OH is 1. The fourth-order valence-corrected chi connectivity index (χ4v) is 1.69. The minimum atomic E-state index is -0.653. The van der Waals surface area contributed by atoms with Crippen molar-refractivity contribution in [3.63, 3.8) is 0 Å². The number of rotatable bonds is 7. The standard InChI is InChI=1S/C14H21NO4/c1-4-6-13(14(17)18-5-2)19-12-8-7-10(3)15-11(12)9-16/h7-8,13,16H,4-6,9H2,1-3H3. The summed E-state index contributed by atoms with van der Waals surface area (Å²) in [6, 6.07) is 3.50. The highest BCUT2D eigenvalue weighted by atomic mass is 16.6. The lowest BCUT2D eigenvalue weighted by Gasteiger charge is -2.18. The van der Waals surface area contributed by atoms with Gasteiger partial charge in [-0.25, -0.2) is 4.79 Å². The average Bonchev–Trinajstić information content (AvgIpc) is 2.40. The van der Waals surface area contributed by atoms with Gasteiger partial charge in [0.25, 0.3) is 0 Å². The molecule has 1 aromatic heterocycles. The summed E-state index contributed by atoms with van der Waals surface area (Å²) in [6.07, 6.45) is 0.717. The Kier molecular flexibility index (Phi) is 6.29. The summed E-state index contributed by atoms with van der Waals surface area (Å²) in [5.41, 5.74) is 1.23. The molecular weight excluding hydrogens is 246 g/mol. The number of hydrogen-bond acceptors (Lipinski definition) is 5. The normalized spacial score (nSPS) is 12.0. The minimum absolute atomic E-state index is 0.224. The third-order valence-electron chi connectivity index (χ3n) is 2.59. The summed E-state index contributed by atoms with van der Waals surface area (Å²) in [5.74, 6) is 0.0495. The molecule has 106 valence electrons. The Bertz CT molecular complexity index is 420. The third kappa shape index (κ3) is 4.52. The minimum Gasteiger partial charge on any atom is -0.477 e. The molecule has 1 aromatic rings. The highest BCUT2D eigenvalue weighted by Gasteiger charge is 2.22. The lowest BCUT2D eigenvalue weighted by atomic mass is 10.2. The summed E-state index contributed by atoms with van der Waals surface area (Å²) in [6.45, 7) is 5.65. The van der Waals surface area contributed by atoms with Gasteiger partial charge in [0.1, 0.15) is 11.4 Å². The first-order chi connectivity index (χ1) is 9.12. The quantitative estimate of drug-likeness (QED) is 0.765. The summed E-state index contributed by atoms with van der Waals surface area (Å²) in [5, 5.41) is 9.27. The van der Waals surface area contributed by atoms with Crippen LogP contribution in [0.25, 0.3) is 0 Å². The van der Waals surface area contributed by atoms with Crippen LogP contribution < -0.4 is 4.74 Å². The lowest BCUT2D eigenvalue weighted by Crippen LogP contribution is -2.29. The van der Waals surface area contributed by atoms with Crippen molar-refractivity contribution in [2.24, 2.45) is 0 Å². The molecule has 0 fully saturated rings. The molecule has 0 spiro atoms. The van der Waals surface area contributed by atoms with Gasteiger partial charge in [0, 0.05) is 5.69 Å². The number of hydrogen-bond donors (Lipinski definition) is 1. The summed E-state index contributed by atoms with van der Waals surface area (Å²) >= 11 is 0. The summed E-state index contributed by atoms with van der Waals surface area (Å²) < 4.78 is 10.6. The zero-order valence-electron chi connectivity index (χ0n) is 11.7. The fourth-order valence-electron chi connectivity index (χ4n) is 1.69. The predicted molar refractivity (Wildman–Crippen MR) is 70.9 cm³/mol. The SMILES string of the molecule is CCCC(Oc1ccc(C)nc1CO)C(=O)OCC. The van der Waals surface area contributed by atoms with E-state index in [1.54, 1.807) is 19.1 Å². The zero-order valence-corrected chi connectivity index (χ0v) is 11.7. The molecule has 1 N–H and O–H groups in total. The molecule has 19 heavy (non-hydrogen) atoms. The fraction of sp³-hybridized carbons (Fsp3) is 0.571. The zero-order chi connectivity index (χ0) is 14.3. The van der Waals surface area contributed by atoms with Gasteiger partial charge in [0.15, 0.2) is 6.10 Å². The number of ether oxygens (including phenoxy) is 2. The van der Waals surface area contributed by atoms with E-state index >= 15 is 0 Å². The van der Waals surface area contributed by atoms with E-state index < -0.39 is 6.10 Å². The topological polar surface area (TPSA) is 68.7 Å². The van der Waals surface area contributed by atoms with E-state index in [-0.39, 0.29) is 12.6 Å². The molecule has 0 aliphatic rings. The first kappa shape index (κ1) is 15.4. The molecule has 0 radical (unpaired) electrons. The van der Waals surface area contributed by atoms with Gasteiger partial charge < -0.3 is 14.6 Å². The molecule has 0 bridgehead atoms. The molecule has 0 aliphatic carbocycles. The second kappa shape index (κ2) is 7.74. The van der Waals surface area contributed by atoms with Crippen LogP contribution in [0.15, 0.2) is 12.1 Å². The van der Waals surface area contributed by atoms with Crippen LogP contribution in [0.5, 0.6) is 5.75 Å². The van der Waals surface area contributed by atoms with E-state index in [9.17, 15) is 9.90 Å².